The Morgan fingerprint density at radius 3 is 1.50 bits per heavy atom. The first-order chi connectivity index (χ1) is 10.3. The van der Waals surface area contributed by atoms with Crippen molar-refractivity contribution in [3.8, 4) is 0 Å². The maximum atomic E-state index is 11.7. The Hall–Kier alpha value is 0.619. The van der Waals surface area contributed by atoms with E-state index in [1.165, 1.54) is 64.2 Å². The van der Waals surface area contributed by atoms with Crippen LogP contribution in [0.2, 0.25) is 0 Å². The van der Waals surface area contributed by atoms with Gasteiger partial charge in [0.1, 0.15) is 0 Å². The predicted octanol–water partition coefficient (Wildman–Crippen LogP) is 5.58. The molecule has 0 aliphatic rings. The molecule has 0 aromatic carbocycles. The van der Waals surface area contributed by atoms with Gasteiger partial charge in [-0.2, -0.15) is 0 Å². The van der Waals surface area contributed by atoms with Crippen molar-refractivity contribution in [2.24, 2.45) is 5.92 Å². The number of carbonyl (C=O) groups is 1. The summed E-state index contributed by atoms with van der Waals surface area (Å²) in [5.41, 5.74) is 0. The second kappa shape index (κ2) is 19.7. The number of hydrogen-bond donors (Lipinski definition) is 1. The number of rotatable bonds is 15. The van der Waals surface area contributed by atoms with Crippen LogP contribution in [0.1, 0.15) is 104 Å². The van der Waals surface area contributed by atoms with Gasteiger partial charge >= 0.3 is 29.9 Å². The Balaban J connectivity index is 0. The van der Waals surface area contributed by atoms with Crippen molar-refractivity contribution < 1.29 is 8.98 Å². The van der Waals surface area contributed by atoms with Crippen molar-refractivity contribution in [1.29, 1.82) is 0 Å². The van der Waals surface area contributed by atoms with E-state index in [1.807, 2.05) is 0 Å². The van der Waals surface area contributed by atoms with Crippen molar-refractivity contribution in [1.82, 2.24) is 0 Å². The number of thiol groups is 1. The summed E-state index contributed by atoms with van der Waals surface area (Å²) in [7, 11) is 0. The molecule has 2 radical (unpaired) electrons. The third kappa shape index (κ3) is 15.5. The van der Waals surface area contributed by atoms with E-state index in [0.717, 1.165) is 25.7 Å². The fourth-order valence-electron chi connectivity index (χ4n) is 2.80. The Kier molecular flexibility index (Phi) is 22.2. The summed E-state index contributed by atoms with van der Waals surface area (Å²) in [6.45, 7) is 4.47. The van der Waals surface area contributed by atoms with Crippen LogP contribution in [0.25, 0.3) is 0 Å². The molecule has 0 spiro atoms. The van der Waals surface area contributed by atoms with Gasteiger partial charge in [0, 0.05) is 12.9 Å². The van der Waals surface area contributed by atoms with Gasteiger partial charge in [-0.1, -0.05) is 90.9 Å². The molecule has 0 saturated carbocycles. The van der Waals surface area contributed by atoms with Gasteiger partial charge in [0.05, 0.1) is 5.92 Å². The zero-order valence-electron chi connectivity index (χ0n) is 14.9. The van der Waals surface area contributed by atoms with E-state index in [1.54, 1.807) is 0 Å². The van der Waals surface area contributed by atoms with E-state index in [9.17, 15) is 4.79 Å². The van der Waals surface area contributed by atoms with Crippen LogP contribution in [-0.4, -0.2) is 29.9 Å². The molecule has 0 aliphatic carbocycles. The molecule has 0 amide bonds. The van der Waals surface area contributed by atoms with Crippen LogP contribution in [0.5, 0.6) is 0 Å². The fraction of sp³-hybridized carbons (Fsp3) is 0.944. The summed E-state index contributed by atoms with van der Waals surface area (Å²) < 4.78 is 4.66. The van der Waals surface area contributed by atoms with Crippen LogP contribution in [0.3, 0.4) is 0 Å². The minimum atomic E-state index is -0.125. The molecule has 0 aromatic heterocycles. The van der Waals surface area contributed by atoms with Gasteiger partial charge in [-0.3, -0.25) is 4.79 Å². The van der Waals surface area contributed by atoms with Crippen molar-refractivity contribution in [3.05, 3.63) is 0 Å². The third-order valence-electron chi connectivity index (χ3n) is 4.24. The topological polar surface area (TPSA) is 26.3 Å². The third-order valence-corrected chi connectivity index (χ3v) is 4.42. The van der Waals surface area contributed by atoms with Crippen molar-refractivity contribution in [3.63, 3.8) is 0 Å². The molecule has 4 heteroatoms. The van der Waals surface area contributed by atoms with Gasteiger partial charge in [0.25, 0.3) is 0 Å². The standard InChI is InChI=1S/C18H36O2S.Sn.2H/c1-3-5-7-9-11-13-15-17(18(19)20-21)16-14-12-10-8-6-4-2;;;/h17,21H,3-16H2,1-2H3;;;. The van der Waals surface area contributed by atoms with Crippen LogP contribution < -0.4 is 0 Å². The number of hydrogen-bond acceptors (Lipinski definition) is 3. The summed E-state index contributed by atoms with van der Waals surface area (Å²) in [6, 6.07) is 0. The Bertz CT molecular complexity index is 221. The van der Waals surface area contributed by atoms with Gasteiger partial charge in [0.15, 0.2) is 0 Å². The molecule has 0 bridgehead atoms. The molecule has 0 atom stereocenters. The molecule has 0 fully saturated rings. The molecular weight excluding hydrogens is 399 g/mol. The quantitative estimate of drug-likeness (QED) is 0.157. The molecule has 132 valence electrons. The summed E-state index contributed by atoms with van der Waals surface area (Å²) in [6.07, 6.45) is 17.2. The first kappa shape index (κ1) is 24.9. The fourth-order valence-corrected chi connectivity index (χ4v) is 2.95. The van der Waals surface area contributed by atoms with Gasteiger partial charge in [-0.15, -0.1) is 0 Å². The van der Waals surface area contributed by atoms with Gasteiger partial charge in [0.2, 0.25) is 0 Å². The first-order valence-corrected chi connectivity index (χ1v) is 9.48. The van der Waals surface area contributed by atoms with Crippen molar-refractivity contribution in [2.45, 2.75) is 104 Å². The molecule has 22 heavy (non-hydrogen) atoms. The van der Waals surface area contributed by atoms with E-state index < -0.39 is 0 Å². The molecule has 0 saturated heterocycles. The maximum absolute atomic E-state index is 11.7. The molecule has 0 aliphatic heterocycles. The van der Waals surface area contributed by atoms with E-state index in [0.29, 0.717) is 0 Å². The predicted molar refractivity (Wildman–Crippen MR) is 103 cm³/mol. The summed E-state index contributed by atoms with van der Waals surface area (Å²) >= 11 is 3.69. The average molecular weight is 437 g/mol. The first-order valence-electron chi connectivity index (χ1n) is 9.11. The molecule has 2 nitrogen and oxygen atoms in total. The van der Waals surface area contributed by atoms with Crippen molar-refractivity contribution >= 4 is 42.8 Å². The molecule has 0 heterocycles. The summed E-state index contributed by atoms with van der Waals surface area (Å²) in [4.78, 5) is 11.7. The van der Waals surface area contributed by atoms with E-state index in [2.05, 4.69) is 30.9 Å². The Morgan fingerprint density at radius 1 is 0.773 bits per heavy atom. The molecule has 0 N–H and O–H groups in total. The van der Waals surface area contributed by atoms with Crippen molar-refractivity contribution in [2.75, 3.05) is 0 Å². The zero-order valence-corrected chi connectivity index (χ0v) is 19.9. The summed E-state index contributed by atoms with van der Waals surface area (Å²) in [5, 5.41) is 0. The molecule has 0 rings (SSSR count). The van der Waals surface area contributed by atoms with E-state index in [-0.39, 0.29) is 35.8 Å². The van der Waals surface area contributed by atoms with Gasteiger partial charge in [-0.05, 0) is 12.8 Å². The average Bonchev–Trinajstić information content (AvgIpc) is 2.51. The van der Waals surface area contributed by atoms with E-state index in [4.69, 9.17) is 0 Å². The van der Waals surface area contributed by atoms with Crippen LogP contribution in [0.4, 0.5) is 0 Å². The van der Waals surface area contributed by atoms with Crippen LogP contribution in [0.15, 0.2) is 0 Å². The summed E-state index contributed by atoms with van der Waals surface area (Å²) in [5.74, 6) is -0.0553. The molecule has 0 unspecified atom stereocenters. The van der Waals surface area contributed by atoms with Gasteiger partial charge < -0.3 is 4.18 Å². The minimum absolute atomic E-state index is 0. The second-order valence-corrected chi connectivity index (χ2v) is 6.40. The number of unbranched alkanes of at least 4 members (excludes halogenated alkanes) is 10. The SMILES string of the molecule is CCCCCCCCC(CCCCCCCC)C(=O)OS.[SnH2]. The van der Waals surface area contributed by atoms with Crippen LogP contribution in [0, 0.1) is 5.92 Å². The van der Waals surface area contributed by atoms with Gasteiger partial charge in [-0.25, -0.2) is 0 Å². The Labute approximate surface area is 161 Å². The second-order valence-electron chi connectivity index (χ2n) is 6.22. The normalized spacial score (nSPS) is 10.5. The van der Waals surface area contributed by atoms with Crippen LogP contribution in [-0.2, 0) is 8.98 Å². The molecule has 0 aromatic rings. The molecular formula is C18H38O2SSn. The Morgan fingerprint density at radius 2 is 1.14 bits per heavy atom. The van der Waals surface area contributed by atoms with Crippen LogP contribution >= 0.6 is 12.9 Å². The number of carbonyl (C=O) groups excluding carboxylic acids is 1. The monoisotopic (exact) mass is 438 g/mol. The zero-order chi connectivity index (χ0) is 15.8. The van der Waals surface area contributed by atoms with E-state index >= 15 is 0 Å².